The molecule has 0 heterocycles. The molecule has 0 aliphatic heterocycles. The highest BCUT2D eigenvalue weighted by molar-refractivity contribution is 5.96. The van der Waals surface area contributed by atoms with Crippen molar-refractivity contribution in [3.05, 3.63) is 63.7 Å². The fourth-order valence-corrected chi connectivity index (χ4v) is 2.41. The summed E-state index contributed by atoms with van der Waals surface area (Å²) in [7, 11) is 1.46. The Morgan fingerprint density at radius 3 is 2.46 bits per heavy atom. The first-order valence-electron chi connectivity index (χ1n) is 8.48. The Bertz CT molecular complexity index is 882. The number of methoxy groups -OCH3 is 1. The summed E-state index contributed by atoms with van der Waals surface area (Å²) in [5, 5.41) is 11.0. The summed E-state index contributed by atoms with van der Waals surface area (Å²) < 4.78 is 10.8. The lowest BCUT2D eigenvalue weighted by atomic mass is 10.1. The van der Waals surface area contributed by atoms with Gasteiger partial charge in [-0.2, -0.15) is 0 Å². The molecule has 0 saturated carbocycles. The molecule has 2 N–H and O–H groups in total. The van der Waals surface area contributed by atoms with Crippen LogP contribution in [0.15, 0.2) is 42.5 Å². The van der Waals surface area contributed by atoms with Gasteiger partial charge in [-0.1, -0.05) is 18.2 Å². The number of benzene rings is 2. The van der Waals surface area contributed by atoms with Crippen LogP contribution in [0.4, 0.5) is 5.69 Å². The first kappa shape index (κ1) is 20.7. The summed E-state index contributed by atoms with van der Waals surface area (Å²) in [6, 6.07) is 10.5. The Balaban J connectivity index is 2.00. The number of carbonyl (C=O) groups excluding carboxylic acids is 2. The van der Waals surface area contributed by atoms with Gasteiger partial charge in [0.15, 0.2) is 11.5 Å². The molecule has 2 amide bonds. The summed E-state index contributed by atoms with van der Waals surface area (Å²) in [5.41, 5.74) is 4.86. The van der Waals surface area contributed by atoms with Crippen molar-refractivity contribution >= 4 is 17.5 Å². The van der Waals surface area contributed by atoms with Crippen molar-refractivity contribution in [2.75, 3.05) is 7.11 Å². The number of nitro benzene ring substituents is 1. The van der Waals surface area contributed by atoms with Crippen molar-refractivity contribution in [2.24, 2.45) is 0 Å². The van der Waals surface area contributed by atoms with E-state index in [0.717, 1.165) is 0 Å². The minimum absolute atomic E-state index is 0.0603. The third-order valence-electron chi connectivity index (χ3n) is 3.64. The molecular weight excluding hydrogens is 366 g/mol. The van der Waals surface area contributed by atoms with Crippen LogP contribution in [0.5, 0.6) is 11.5 Å². The first-order chi connectivity index (χ1) is 13.3. The van der Waals surface area contributed by atoms with Gasteiger partial charge in [-0.05, 0) is 32.0 Å². The highest BCUT2D eigenvalue weighted by atomic mass is 16.6. The summed E-state index contributed by atoms with van der Waals surface area (Å²) in [6.07, 6.45) is -0.308. The maximum Gasteiger partial charge on any atom is 0.273 e. The molecular formula is C19H21N3O6. The summed E-state index contributed by atoms with van der Waals surface area (Å²) in [4.78, 5) is 34.7. The van der Waals surface area contributed by atoms with Crippen molar-refractivity contribution < 1.29 is 24.0 Å². The summed E-state index contributed by atoms with van der Waals surface area (Å²) in [6.45, 7) is 3.74. The zero-order valence-electron chi connectivity index (χ0n) is 15.7. The van der Waals surface area contributed by atoms with E-state index in [9.17, 15) is 19.7 Å². The van der Waals surface area contributed by atoms with E-state index in [0.29, 0.717) is 11.5 Å². The SMILES string of the molecule is COc1cc(C(=O)NNC(=O)Cc2ccccc2[N+](=O)[O-])ccc1OC(C)C. The fraction of sp³-hybridized carbons (Fsp3) is 0.263. The van der Waals surface area contributed by atoms with E-state index in [4.69, 9.17) is 9.47 Å². The topological polar surface area (TPSA) is 120 Å². The molecule has 0 aliphatic rings. The zero-order valence-corrected chi connectivity index (χ0v) is 15.7. The van der Waals surface area contributed by atoms with Crippen LogP contribution in [0, 0.1) is 10.1 Å². The van der Waals surface area contributed by atoms with Crippen molar-refractivity contribution in [1.29, 1.82) is 0 Å². The van der Waals surface area contributed by atoms with Gasteiger partial charge in [0, 0.05) is 17.2 Å². The van der Waals surface area contributed by atoms with Gasteiger partial charge in [-0.25, -0.2) is 0 Å². The van der Waals surface area contributed by atoms with Gasteiger partial charge in [0.2, 0.25) is 5.91 Å². The number of nitrogens with zero attached hydrogens (tertiary/aromatic N) is 1. The molecule has 9 nitrogen and oxygen atoms in total. The van der Waals surface area contributed by atoms with Crippen molar-refractivity contribution in [1.82, 2.24) is 10.9 Å². The Morgan fingerprint density at radius 1 is 1.11 bits per heavy atom. The molecule has 2 aromatic rings. The van der Waals surface area contributed by atoms with Crippen LogP contribution in [0.2, 0.25) is 0 Å². The molecule has 0 aliphatic carbocycles. The quantitative estimate of drug-likeness (QED) is 0.556. The number of carbonyl (C=O) groups is 2. The van der Waals surface area contributed by atoms with Gasteiger partial charge in [0.25, 0.3) is 11.6 Å². The van der Waals surface area contributed by atoms with E-state index in [1.165, 1.54) is 37.4 Å². The molecule has 0 atom stereocenters. The maximum atomic E-state index is 12.2. The van der Waals surface area contributed by atoms with E-state index in [1.807, 2.05) is 13.8 Å². The smallest absolute Gasteiger partial charge is 0.273 e. The lowest BCUT2D eigenvalue weighted by Gasteiger charge is -2.14. The number of hydrogen-bond donors (Lipinski definition) is 2. The second-order valence-corrected chi connectivity index (χ2v) is 6.10. The number of hydrazine groups is 1. The number of ether oxygens (including phenoxy) is 2. The third kappa shape index (κ3) is 5.44. The monoisotopic (exact) mass is 387 g/mol. The Labute approximate surface area is 161 Å². The normalized spacial score (nSPS) is 10.3. The van der Waals surface area contributed by atoms with Crippen LogP contribution in [0.3, 0.4) is 0 Å². The van der Waals surface area contributed by atoms with E-state index >= 15 is 0 Å². The predicted molar refractivity (Wildman–Crippen MR) is 101 cm³/mol. The number of nitro groups is 1. The van der Waals surface area contributed by atoms with E-state index < -0.39 is 16.7 Å². The highest BCUT2D eigenvalue weighted by Gasteiger charge is 2.17. The second kappa shape index (κ2) is 9.36. The van der Waals surface area contributed by atoms with Gasteiger partial charge >= 0.3 is 0 Å². The molecule has 0 spiro atoms. The van der Waals surface area contributed by atoms with E-state index in [1.54, 1.807) is 12.1 Å². The van der Waals surface area contributed by atoms with Crippen LogP contribution in [-0.2, 0) is 11.2 Å². The lowest BCUT2D eigenvalue weighted by Crippen LogP contribution is -2.42. The van der Waals surface area contributed by atoms with Crippen LogP contribution in [0.1, 0.15) is 29.8 Å². The molecule has 0 aromatic heterocycles. The van der Waals surface area contributed by atoms with Crippen LogP contribution >= 0.6 is 0 Å². The Morgan fingerprint density at radius 2 is 1.82 bits per heavy atom. The molecule has 2 rings (SSSR count). The molecule has 0 saturated heterocycles. The van der Waals surface area contributed by atoms with E-state index in [-0.39, 0.29) is 29.3 Å². The minimum atomic E-state index is -0.589. The fourth-order valence-electron chi connectivity index (χ4n) is 2.41. The maximum absolute atomic E-state index is 12.2. The molecule has 2 aromatic carbocycles. The molecule has 0 bridgehead atoms. The molecule has 148 valence electrons. The first-order valence-corrected chi connectivity index (χ1v) is 8.48. The molecule has 0 fully saturated rings. The Hall–Kier alpha value is -3.62. The predicted octanol–water partition coefficient (Wildman–Crippen LogP) is 2.39. The third-order valence-corrected chi connectivity index (χ3v) is 3.64. The molecule has 0 unspecified atom stereocenters. The van der Waals surface area contributed by atoms with Gasteiger partial charge in [0.05, 0.1) is 24.6 Å². The number of amides is 2. The number of nitrogens with one attached hydrogen (secondary N) is 2. The Kier molecular flexibility index (Phi) is 6.91. The standard InChI is InChI=1S/C19H21N3O6/c1-12(2)28-16-9-8-14(10-17(16)27-3)19(24)21-20-18(23)11-13-6-4-5-7-15(13)22(25)26/h4-10,12H,11H2,1-3H3,(H,20,23)(H,21,24). The average Bonchev–Trinajstić information content (AvgIpc) is 2.66. The largest absolute Gasteiger partial charge is 0.493 e. The van der Waals surface area contributed by atoms with Gasteiger partial charge < -0.3 is 9.47 Å². The number of para-hydroxylation sites is 1. The summed E-state index contributed by atoms with van der Waals surface area (Å²) >= 11 is 0. The van der Waals surface area contributed by atoms with Crippen molar-refractivity contribution in [3.63, 3.8) is 0 Å². The van der Waals surface area contributed by atoms with Gasteiger partial charge in [0.1, 0.15) is 0 Å². The van der Waals surface area contributed by atoms with Gasteiger partial charge in [-0.3, -0.25) is 30.6 Å². The van der Waals surface area contributed by atoms with Crippen LogP contribution < -0.4 is 20.3 Å². The zero-order chi connectivity index (χ0) is 20.7. The van der Waals surface area contributed by atoms with Crippen molar-refractivity contribution in [2.45, 2.75) is 26.4 Å². The summed E-state index contributed by atoms with van der Waals surface area (Å²) in [5.74, 6) is -0.276. The van der Waals surface area contributed by atoms with Crippen molar-refractivity contribution in [3.8, 4) is 11.5 Å². The minimum Gasteiger partial charge on any atom is -0.493 e. The molecule has 28 heavy (non-hydrogen) atoms. The van der Waals surface area contributed by atoms with Crippen LogP contribution in [0.25, 0.3) is 0 Å². The number of hydrogen-bond acceptors (Lipinski definition) is 6. The molecule has 9 heteroatoms. The van der Waals surface area contributed by atoms with Gasteiger partial charge in [-0.15, -0.1) is 0 Å². The molecule has 0 radical (unpaired) electrons. The van der Waals surface area contributed by atoms with E-state index in [2.05, 4.69) is 10.9 Å². The van der Waals surface area contributed by atoms with Crippen LogP contribution in [-0.4, -0.2) is 30.0 Å². The average molecular weight is 387 g/mol. The number of rotatable bonds is 7. The highest BCUT2D eigenvalue weighted by Crippen LogP contribution is 2.28. The second-order valence-electron chi connectivity index (χ2n) is 6.10. The lowest BCUT2D eigenvalue weighted by molar-refractivity contribution is -0.385.